The Morgan fingerprint density at radius 3 is 1.97 bits per heavy atom. The molecule has 6 nitrogen and oxygen atoms in total. The summed E-state index contributed by atoms with van der Waals surface area (Å²) in [6.45, 7) is 19.9. The van der Waals surface area contributed by atoms with Crippen LogP contribution < -0.4 is 16.2 Å². The first-order valence-corrected chi connectivity index (χ1v) is 25.3. The molecule has 0 atom stereocenters. The summed E-state index contributed by atoms with van der Waals surface area (Å²) in [4.78, 5) is 0. The van der Waals surface area contributed by atoms with E-state index in [1.54, 1.807) is 18.2 Å². The minimum Gasteiger partial charge on any atom is -0.507 e. The number of para-hydroxylation sites is 1. The molecule has 3 aromatic rings. The third kappa shape index (κ3) is 19.7. The standard InChI is InChI=1S/C19H25N3O2.C18H20O.C10H20.C6H12.C5H12/c1-3-5-6-7-15(11-20)8-14(4-2)13-24-19-10-17(22)18(23)9-16(19)12-21;1-2-6-14-9-5-12-17(18(14)19)16-11-4-8-13-7-3-10-15(13)16;1-4-10(6-5-7-10)8-9(2)3;1-2-4-6-5-3-1;1-3-5-4-2/h4,7-10,23H,2-3,5-6,12-13,21-22H2,1H3;4-5,8-9,11-12,19H,2-3,6-7,10H2,1H3;9H,4-8H2,1-3H3;1-6H2;3-5H2,1-2H3/b14-8+,15-7+;;;;. The van der Waals surface area contributed by atoms with E-state index in [0.29, 0.717) is 22.6 Å². The Hall–Kier alpha value is -4.47. The Balaban J connectivity index is 0.000000308. The number of nitrogens with two attached hydrogens (primary N) is 2. The van der Waals surface area contributed by atoms with Gasteiger partial charge >= 0.3 is 0 Å². The van der Waals surface area contributed by atoms with E-state index in [4.69, 9.17) is 16.2 Å². The topological polar surface area (TPSA) is 126 Å². The van der Waals surface area contributed by atoms with Crippen LogP contribution in [0.3, 0.4) is 0 Å². The lowest BCUT2D eigenvalue weighted by Crippen LogP contribution is -2.29. The second-order valence-electron chi connectivity index (χ2n) is 18.5. The van der Waals surface area contributed by atoms with Gasteiger partial charge in [0, 0.05) is 29.3 Å². The van der Waals surface area contributed by atoms with Crippen LogP contribution in [-0.4, -0.2) is 16.8 Å². The number of aromatic hydroxyl groups is 2. The number of ether oxygens (including phenoxy) is 1. The lowest BCUT2D eigenvalue weighted by molar-refractivity contribution is 0.0948. The predicted octanol–water partition coefficient (Wildman–Crippen LogP) is 16.2. The number of benzene rings is 3. The van der Waals surface area contributed by atoms with Crippen LogP contribution in [0.5, 0.6) is 17.2 Å². The minimum absolute atomic E-state index is 0.0205. The van der Waals surface area contributed by atoms with Gasteiger partial charge in [-0.05, 0) is 103 Å². The summed E-state index contributed by atoms with van der Waals surface area (Å²) < 4.78 is 5.74. The van der Waals surface area contributed by atoms with E-state index in [9.17, 15) is 15.5 Å². The summed E-state index contributed by atoms with van der Waals surface area (Å²) >= 11 is 0. The molecule has 2 saturated carbocycles. The molecule has 0 heterocycles. The molecular weight excluding hydrogens is 787 g/mol. The summed E-state index contributed by atoms with van der Waals surface area (Å²) in [5.41, 5.74) is 20.6. The summed E-state index contributed by atoms with van der Waals surface area (Å²) in [7, 11) is 0. The van der Waals surface area contributed by atoms with Crippen molar-refractivity contribution in [1.82, 2.24) is 0 Å². The number of rotatable bonds is 17. The van der Waals surface area contributed by atoms with Crippen molar-refractivity contribution in [3.05, 3.63) is 107 Å². The first kappa shape index (κ1) is 55.7. The Labute approximate surface area is 391 Å². The molecule has 354 valence electrons. The summed E-state index contributed by atoms with van der Waals surface area (Å²) in [5.74, 6) is 1.87. The lowest BCUT2D eigenvalue weighted by atomic mass is 9.63. The van der Waals surface area contributed by atoms with Gasteiger partial charge in [0.25, 0.3) is 0 Å². The molecule has 0 unspecified atom stereocenters. The number of aryl methyl sites for hydroxylation is 2. The highest BCUT2D eigenvalue weighted by Gasteiger charge is 2.35. The Bertz CT molecular complexity index is 1860. The lowest BCUT2D eigenvalue weighted by Gasteiger charge is -2.42. The summed E-state index contributed by atoms with van der Waals surface area (Å²) in [6.07, 6.45) is 34.3. The van der Waals surface area contributed by atoms with Gasteiger partial charge in [0.05, 0.1) is 11.8 Å². The molecule has 6 heteroatoms. The van der Waals surface area contributed by atoms with Gasteiger partial charge < -0.3 is 26.4 Å². The van der Waals surface area contributed by atoms with Crippen molar-refractivity contribution >= 4 is 5.69 Å². The molecule has 6 N–H and O–H groups in total. The number of nitriles is 1. The maximum absolute atomic E-state index is 10.5. The highest BCUT2D eigenvalue weighted by Crippen LogP contribution is 2.48. The predicted molar refractivity (Wildman–Crippen MR) is 276 cm³/mol. The van der Waals surface area contributed by atoms with Crippen molar-refractivity contribution in [2.75, 3.05) is 12.3 Å². The van der Waals surface area contributed by atoms with Crippen LogP contribution in [0.15, 0.2) is 84.5 Å². The van der Waals surface area contributed by atoms with Crippen molar-refractivity contribution in [1.29, 1.82) is 5.26 Å². The number of hydrogen-bond acceptors (Lipinski definition) is 6. The number of nitrogen functional groups attached to an aromatic ring is 1. The van der Waals surface area contributed by atoms with E-state index in [-0.39, 0.29) is 24.6 Å². The van der Waals surface area contributed by atoms with E-state index in [1.807, 2.05) is 18.2 Å². The molecule has 0 bridgehead atoms. The van der Waals surface area contributed by atoms with Crippen molar-refractivity contribution in [2.45, 2.75) is 196 Å². The summed E-state index contributed by atoms with van der Waals surface area (Å²) in [5, 5.41) is 29.3. The molecule has 0 radical (unpaired) electrons. The number of fused-ring (bicyclic) bond motifs is 1. The maximum atomic E-state index is 10.5. The fourth-order valence-electron chi connectivity index (χ4n) is 8.85. The molecule has 0 aliphatic heterocycles. The average molecular weight is 876 g/mol. The van der Waals surface area contributed by atoms with Gasteiger partial charge in [0.1, 0.15) is 23.9 Å². The summed E-state index contributed by atoms with van der Waals surface area (Å²) in [6, 6.07) is 17.8. The number of anilines is 1. The van der Waals surface area contributed by atoms with E-state index in [0.717, 1.165) is 66.6 Å². The molecular formula is C58H89N3O3. The number of unbranched alkanes of at least 4 members (excludes halogenated alkanes) is 4. The smallest absolute Gasteiger partial charge is 0.139 e. The third-order valence-corrected chi connectivity index (χ3v) is 12.8. The average Bonchev–Trinajstić information content (AvgIpc) is 3.79. The van der Waals surface area contributed by atoms with E-state index in [2.05, 4.69) is 85.4 Å². The van der Waals surface area contributed by atoms with Crippen LogP contribution in [0.2, 0.25) is 0 Å². The fraction of sp³-hybridized carbons (Fsp3) is 0.569. The molecule has 0 aromatic heterocycles. The molecule has 0 saturated heterocycles. The van der Waals surface area contributed by atoms with E-state index in [1.165, 1.54) is 125 Å². The van der Waals surface area contributed by atoms with Crippen LogP contribution >= 0.6 is 0 Å². The molecule has 0 spiro atoms. The van der Waals surface area contributed by atoms with E-state index < -0.39 is 0 Å². The zero-order chi connectivity index (χ0) is 47.2. The molecule has 0 amide bonds. The van der Waals surface area contributed by atoms with Gasteiger partial charge in [0.2, 0.25) is 0 Å². The molecule has 3 aliphatic carbocycles. The zero-order valence-electron chi connectivity index (χ0n) is 41.5. The van der Waals surface area contributed by atoms with Crippen LogP contribution in [0, 0.1) is 22.7 Å². The number of allylic oxidation sites excluding steroid dienone is 3. The van der Waals surface area contributed by atoms with Gasteiger partial charge in [-0.1, -0.05) is 193 Å². The maximum Gasteiger partial charge on any atom is 0.139 e. The molecule has 3 aromatic carbocycles. The SMILES string of the molecule is C1CCCCC1.C=C/C(=C\C(C#N)=C/CCCC)COc1cc(N)c(O)cc1CN.CCC1(CC(C)C)CCC1.CCCCC.CCCc1cccc(-c2cccc3c2CCC3)c1O. The Morgan fingerprint density at radius 1 is 0.828 bits per heavy atom. The Morgan fingerprint density at radius 2 is 1.47 bits per heavy atom. The van der Waals surface area contributed by atoms with Crippen molar-refractivity contribution in [3.63, 3.8) is 0 Å². The van der Waals surface area contributed by atoms with Crippen molar-refractivity contribution < 1.29 is 14.9 Å². The van der Waals surface area contributed by atoms with Crippen LogP contribution in [0.4, 0.5) is 5.69 Å². The monoisotopic (exact) mass is 876 g/mol. The van der Waals surface area contributed by atoms with Gasteiger partial charge in [-0.2, -0.15) is 5.26 Å². The quantitative estimate of drug-likeness (QED) is 0.0352. The fourth-order valence-corrected chi connectivity index (χ4v) is 8.85. The molecule has 64 heavy (non-hydrogen) atoms. The molecule has 2 fully saturated rings. The number of phenolic OH excluding ortho intramolecular Hbond substituents is 2. The van der Waals surface area contributed by atoms with Crippen molar-refractivity contribution in [3.8, 4) is 34.4 Å². The molecule has 3 aliphatic rings. The third-order valence-electron chi connectivity index (χ3n) is 12.8. The van der Waals surface area contributed by atoms with Crippen molar-refractivity contribution in [2.24, 2.45) is 17.1 Å². The van der Waals surface area contributed by atoms with E-state index >= 15 is 0 Å². The highest BCUT2D eigenvalue weighted by atomic mass is 16.5. The second-order valence-corrected chi connectivity index (χ2v) is 18.5. The van der Waals surface area contributed by atoms with Gasteiger partial charge in [-0.3, -0.25) is 0 Å². The second kappa shape index (κ2) is 32.2. The number of nitrogens with zero attached hydrogens (tertiary/aromatic N) is 1. The first-order valence-electron chi connectivity index (χ1n) is 25.3. The number of phenols is 2. The normalized spacial score (nSPS) is 14.9. The minimum atomic E-state index is -0.0205. The largest absolute Gasteiger partial charge is 0.507 e. The first-order chi connectivity index (χ1) is 31.0. The van der Waals surface area contributed by atoms with Gasteiger partial charge in [-0.25, -0.2) is 0 Å². The Kier molecular flexibility index (Phi) is 28.0. The highest BCUT2D eigenvalue weighted by molar-refractivity contribution is 5.76. The van der Waals surface area contributed by atoms with Crippen LogP contribution in [0.1, 0.15) is 193 Å². The van der Waals surface area contributed by atoms with Crippen LogP contribution in [0.25, 0.3) is 11.1 Å². The number of hydrogen-bond donors (Lipinski definition) is 4. The van der Waals surface area contributed by atoms with Gasteiger partial charge in [0.15, 0.2) is 0 Å². The zero-order valence-corrected chi connectivity index (χ0v) is 41.5. The molecule has 6 rings (SSSR count). The van der Waals surface area contributed by atoms with Gasteiger partial charge in [-0.15, -0.1) is 0 Å². The van der Waals surface area contributed by atoms with Crippen LogP contribution in [-0.2, 0) is 25.8 Å².